The predicted octanol–water partition coefficient (Wildman–Crippen LogP) is 6.02. The number of nitrogens with zero attached hydrogens (tertiary/aromatic N) is 1. The standard InChI is InChI=1S/C31H46N4/c1-10-21(2)23(4)32-24(5)29-16-13-17-35(29)34-25(6)33-30(31(7,8)9)22(3)18-26-19-27-14-11-12-15-28(27)20-26/h11-12,14-15,23,26,29-30,32-34H,1,3,5-6,13,16-20H2,2,4,7-9H3. The lowest BCUT2D eigenvalue weighted by Crippen LogP contribution is -2.51. The van der Waals surface area contributed by atoms with Gasteiger partial charge in [-0.25, -0.2) is 5.01 Å². The first-order valence-corrected chi connectivity index (χ1v) is 13.0. The smallest absolute Gasteiger partial charge is 0.106 e. The van der Waals surface area contributed by atoms with E-state index in [1.807, 2.05) is 6.92 Å². The van der Waals surface area contributed by atoms with Gasteiger partial charge in [0.1, 0.15) is 5.82 Å². The summed E-state index contributed by atoms with van der Waals surface area (Å²) in [6.07, 6.45) is 5.50. The van der Waals surface area contributed by atoms with E-state index < -0.39 is 0 Å². The van der Waals surface area contributed by atoms with Crippen molar-refractivity contribution in [1.29, 1.82) is 0 Å². The lowest BCUT2D eigenvalue weighted by Gasteiger charge is -2.37. The molecule has 1 fully saturated rings. The van der Waals surface area contributed by atoms with E-state index in [4.69, 9.17) is 0 Å². The first-order chi connectivity index (χ1) is 16.5. The summed E-state index contributed by atoms with van der Waals surface area (Å²) in [6, 6.07) is 9.36. The van der Waals surface area contributed by atoms with Crippen molar-refractivity contribution < 1.29 is 0 Å². The van der Waals surface area contributed by atoms with Crippen LogP contribution in [-0.4, -0.2) is 29.7 Å². The van der Waals surface area contributed by atoms with Gasteiger partial charge in [0, 0.05) is 12.2 Å². The molecule has 35 heavy (non-hydrogen) atoms. The van der Waals surface area contributed by atoms with E-state index in [1.54, 1.807) is 0 Å². The highest BCUT2D eigenvalue weighted by Crippen LogP contribution is 2.34. The average molecular weight is 475 g/mol. The van der Waals surface area contributed by atoms with Crippen LogP contribution in [0.4, 0.5) is 0 Å². The van der Waals surface area contributed by atoms with Crippen LogP contribution in [0.3, 0.4) is 0 Å². The highest BCUT2D eigenvalue weighted by molar-refractivity contribution is 5.33. The number of hydrazine groups is 1. The number of hydrogen-bond donors (Lipinski definition) is 3. The molecule has 4 nitrogen and oxygen atoms in total. The summed E-state index contributed by atoms with van der Waals surface area (Å²) >= 11 is 0. The SMILES string of the molecule is C=C=C(C)C(C)NC(=C)C1CCCN1NC(=C)NC(C(=C)CC1Cc2ccccc2C1)C(C)(C)C. The lowest BCUT2D eigenvalue weighted by atomic mass is 9.79. The minimum absolute atomic E-state index is 0.0205. The van der Waals surface area contributed by atoms with Gasteiger partial charge in [-0.3, -0.25) is 0 Å². The maximum Gasteiger partial charge on any atom is 0.106 e. The first-order valence-electron chi connectivity index (χ1n) is 13.0. The molecular formula is C31H46N4. The van der Waals surface area contributed by atoms with E-state index in [1.165, 1.54) is 16.7 Å². The Balaban J connectivity index is 1.58. The van der Waals surface area contributed by atoms with Crippen molar-refractivity contribution >= 4 is 0 Å². The molecule has 1 aromatic carbocycles. The van der Waals surface area contributed by atoms with Crippen LogP contribution in [0, 0.1) is 11.3 Å². The molecule has 0 amide bonds. The van der Waals surface area contributed by atoms with Crippen LogP contribution >= 0.6 is 0 Å². The first kappa shape index (κ1) is 26.9. The van der Waals surface area contributed by atoms with E-state index in [0.717, 1.165) is 55.7 Å². The molecule has 0 aromatic heterocycles. The van der Waals surface area contributed by atoms with Crippen LogP contribution in [0.1, 0.15) is 65.0 Å². The summed E-state index contributed by atoms with van der Waals surface area (Å²) in [5, 5.41) is 9.46. The molecule has 0 saturated carbocycles. The summed E-state index contributed by atoms with van der Waals surface area (Å²) in [4.78, 5) is 0. The second-order valence-corrected chi connectivity index (χ2v) is 11.5. The molecule has 1 aromatic rings. The summed E-state index contributed by atoms with van der Waals surface area (Å²) in [5.41, 5.74) is 12.9. The van der Waals surface area contributed by atoms with Gasteiger partial charge in [-0.15, -0.1) is 5.73 Å². The van der Waals surface area contributed by atoms with Gasteiger partial charge in [-0.1, -0.05) is 76.9 Å². The number of rotatable bonds is 11. The summed E-state index contributed by atoms with van der Waals surface area (Å²) in [6.45, 7) is 28.9. The van der Waals surface area contributed by atoms with Crippen molar-refractivity contribution in [3.8, 4) is 0 Å². The molecule has 1 aliphatic heterocycles. The van der Waals surface area contributed by atoms with Crippen molar-refractivity contribution in [3.63, 3.8) is 0 Å². The van der Waals surface area contributed by atoms with Gasteiger partial charge < -0.3 is 16.1 Å². The zero-order valence-corrected chi connectivity index (χ0v) is 22.6. The Morgan fingerprint density at radius 1 is 1.11 bits per heavy atom. The van der Waals surface area contributed by atoms with Crippen LogP contribution in [0.15, 0.2) is 79.0 Å². The minimum Gasteiger partial charge on any atom is -0.381 e. The van der Waals surface area contributed by atoms with Gasteiger partial charge in [-0.2, -0.15) is 0 Å². The largest absolute Gasteiger partial charge is 0.381 e. The molecule has 1 aliphatic carbocycles. The van der Waals surface area contributed by atoms with Gasteiger partial charge >= 0.3 is 0 Å². The Morgan fingerprint density at radius 2 is 1.74 bits per heavy atom. The normalized spacial score (nSPS) is 19.9. The number of nitrogens with one attached hydrogen (secondary N) is 3. The van der Waals surface area contributed by atoms with Crippen molar-refractivity contribution in [3.05, 3.63) is 90.1 Å². The van der Waals surface area contributed by atoms with E-state index in [2.05, 4.69) is 105 Å². The lowest BCUT2D eigenvalue weighted by molar-refractivity contribution is 0.194. The summed E-state index contributed by atoms with van der Waals surface area (Å²) < 4.78 is 0. The Hall–Kier alpha value is -2.68. The highest BCUT2D eigenvalue weighted by Gasteiger charge is 2.32. The molecular weight excluding hydrogens is 428 g/mol. The number of benzene rings is 1. The van der Waals surface area contributed by atoms with E-state index in [9.17, 15) is 0 Å². The second kappa shape index (κ2) is 11.4. The summed E-state index contributed by atoms with van der Waals surface area (Å²) in [7, 11) is 0. The number of hydrogen-bond acceptors (Lipinski definition) is 4. The molecule has 3 unspecified atom stereocenters. The molecule has 3 atom stereocenters. The van der Waals surface area contributed by atoms with Crippen LogP contribution in [0.25, 0.3) is 0 Å². The maximum absolute atomic E-state index is 4.55. The Labute approximate surface area is 213 Å². The summed E-state index contributed by atoms with van der Waals surface area (Å²) in [5.74, 6) is 1.44. The van der Waals surface area contributed by atoms with E-state index in [0.29, 0.717) is 5.92 Å². The molecule has 1 heterocycles. The van der Waals surface area contributed by atoms with Gasteiger partial charge in [0.2, 0.25) is 0 Å². The maximum atomic E-state index is 4.55. The zero-order chi connectivity index (χ0) is 25.8. The van der Waals surface area contributed by atoms with Gasteiger partial charge in [-0.05, 0) is 74.0 Å². The second-order valence-electron chi connectivity index (χ2n) is 11.5. The Kier molecular flexibility index (Phi) is 8.74. The van der Waals surface area contributed by atoms with Crippen LogP contribution in [0.5, 0.6) is 0 Å². The monoisotopic (exact) mass is 474 g/mol. The topological polar surface area (TPSA) is 39.3 Å². The number of fused-ring (bicyclic) bond motifs is 1. The molecule has 190 valence electrons. The third-order valence-electron chi connectivity index (χ3n) is 7.54. The minimum atomic E-state index is 0.0205. The zero-order valence-electron chi connectivity index (χ0n) is 22.6. The highest BCUT2D eigenvalue weighted by atomic mass is 15.6. The van der Waals surface area contributed by atoms with Crippen LogP contribution in [0.2, 0.25) is 0 Å². The third-order valence-corrected chi connectivity index (χ3v) is 7.54. The molecule has 0 radical (unpaired) electrons. The van der Waals surface area contributed by atoms with Crippen LogP contribution in [-0.2, 0) is 12.8 Å². The fourth-order valence-electron chi connectivity index (χ4n) is 5.49. The van der Waals surface area contributed by atoms with E-state index >= 15 is 0 Å². The van der Waals surface area contributed by atoms with Crippen molar-refractivity contribution in [2.45, 2.75) is 84.8 Å². The van der Waals surface area contributed by atoms with Crippen molar-refractivity contribution in [1.82, 2.24) is 21.1 Å². The average Bonchev–Trinajstić information content (AvgIpc) is 3.42. The Bertz CT molecular complexity index is 966. The molecule has 4 heteroatoms. The predicted molar refractivity (Wildman–Crippen MR) is 150 cm³/mol. The van der Waals surface area contributed by atoms with E-state index in [-0.39, 0.29) is 23.5 Å². The van der Waals surface area contributed by atoms with Gasteiger partial charge in [0.25, 0.3) is 0 Å². The van der Waals surface area contributed by atoms with Crippen molar-refractivity contribution in [2.24, 2.45) is 11.3 Å². The third kappa shape index (κ3) is 6.93. The molecule has 1 saturated heterocycles. The molecule has 2 aliphatic rings. The Morgan fingerprint density at radius 3 is 2.31 bits per heavy atom. The van der Waals surface area contributed by atoms with Crippen LogP contribution < -0.4 is 16.1 Å². The fourth-order valence-corrected chi connectivity index (χ4v) is 5.49. The molecule has 0 spiro atoms. The van der Waals surface area contributed by atoms with Gasteiger partial charge in [0.05, 0.1) is 18.1 Å². The molecule has 3 rings (SSSR count). The van der Waals surface area contributed by atoms with Crippen molar-refractivity contribution in [2.75, 3.05) is 6.54 Å². The molecule has 0 bridgehead atoms. The van der Waals surface area contributed by atoms with Gasteiger partial charge in [0.15, 0.2) is 0 Å². The quantitative estimate of drug-likeness (QED) is 0.271. The fraction of sp³-hybridized carbons (Fsp3) is 0.516. The molecule has 3 N–H and O–H groups in total.